The molecule has 0 spiro atoms. The molecule has 0 saturated heterocycles. The van der Waals surface area contributed by atoms with E-state index in [0.29, 0.717) is 0 Å². The van der Waals surface area contributed by atoms with Gasteiger partial charge in [0.15, 0.2) is 11.0 Å². The minimum atomic E-state index is 0.718. The van der Waals surface area contributed by atoms with E-state index in [1.54, 1.807) is 18.0 Å². The van der Waals surface area contributed by atoms with Gasteiger partial charge >= 0.3 is 0 Å². The molecule has 3 aromatic rings. The van der Waals surface area contributed by atoms with Crippen LogP contribution in [0.2, 0.25) is 5.02 Å². The van der Waals surface area contributed by atoms with Crippen molar-refractivity contribution in [3.05, 3.63) is 47.5 Å². The molecule has 0 radical (unpaired) electrons. The zero-order chi connectivity index (χ0) is 15.5. The van der Waals surface area contributed by atoms with Gasteiger partial charge in [0.1, 0.15) is 5.82 Å². The van der Waals surface area contributed by atoms with Crippen LogP contribution in [0.3, 0.4) is 0 Å². The lowest BCUT2D eigenvalue weighted by molar-refractivity contribution is 0.686. The second-order valence-electron chi connectivity index (χ2n) is 4.80. The summed E-state index contributed by atoms with van der Waals surface area (Å²) in [6.07, 6.45) is 3.75. The normalized spacial score (nSPS) is 11.0. The van der Waals surface area contributed by atoms with E-state index in [4.69, 9.17) is 11.6 Å². The van der Waals surface area contributed by atoms with Crippen LogP contribution in [0, 0.1) is 0 Å². The third-order valence-corrected chi connectivity index (χ3v) is 4.60. The smallest absolute Gasteiger partial charge is 0.191 e. The second kappa shape index (κ2) is 6.54. The number of nitrogens with zero attached hydrogens (tertiary/aromatic N) is 5. The second-order valence-corrected chi connectivity index (χ2v) is 6.18. The van der Waals surface area contributed by atoms with Crippen LogP contribution >= 0.6 is 23.4 Å². The summed E-state index contributed by atoms with van der Waals surface area (Å²) in [5.41, 5.74) is 1.02. The molecule has 0 aliphatic rings. The zero-order valence-electron chi connectivity index (χ0n) is 12.4. The van der Waals surface area contributed by atoms with Crippen molar-refractivity contribution in [1.29, 1.82) is 0 Å². The SMILES string of the molecule is CCn1c(SCc2nccn2C)nnc1-c1ccc(Cl)cc1. The highest BCUT2D eigenvalue weighted by Crippen LogP contribution is 2.26. The van der Waals surface area contributed by atoms with Crippen LogP contribution in [0.15, 0.2) is 41.8 Å². The highest BCUT2D eigenvalue weighted by molar-refractivity contribution is 7.98. The number of hydrogen-bond donors (Lipinski definition) is 0. The number of aromatic nitrogens is 5. The van der Waals surface area contributed by atoms with Crippen molar-refractivity contribution in [3.8, 4) is 11.4 Å². The van der Waals surface area contributed by atoms with Crippen LogP contribution in [0.5, 0.6) is 0 Å². The number of aryl methyl sites for hydroxylation is 1. The monoisotopic (exact) mass is 333 g/mol. The molecule has 0 aliphatic carbocycles. The van der Waals surface area contributed by atoms with Gasteiger partial charge in [-0.25, -0.2) is 4.98 Å². The lowest BCUT2D eigenvalue weighted by Crippen LogP contribution is -2.01. The number of halogens is 1. The maximum Gasteiger partial charge on any atom is 0.191 e. The summed E-state index contributed by atoms with van der Waals surface area (Å²) in [4.78, 5) is 4.33. The Balaban J connectivity index is 1.84. The first kappa shape index (κ1) is 15.1. The fourth-order valence-electron chi connectivity index (χ4n) is 2.16. The van der Waals surface area contributed by atoms with Crippen molar-refractivity contribution in [2.24, 2.45) is 7.05 Å². The van der Waals surface area contributed by atoms with Crippen molar-refractivity contribution in [3.63, 3.8) is 0 Å². The molecule has 2 heterocycles. The van der Waals surface area contributed by atoms with Crippen molar-refractivity contribution in [1.82, 2.24) is 24.3 Å². The Morgan fingerprint density at radius 3 is 2.59 bits per heavy atom. The summed E-state index contributed by atoms with van der Waals surface area (Å²) >= 11 is 7.59. The summed E-state index contributed by atoms with van der Waals surface area (Å²) in [5.74, 6) is 2.65. The van der Waals surface area contributed by atoms with Gasteiger partial charge in [0.05, 0.1) is 5.75 Å². The Morgan fingerprint density at radius 1 is 1.18 bits per heavy atom. The van der Waals surface area contributed by atoms with Gasteiger partial charge in [-0.3, -0.25) is 0 Å². The lowest BCUT2D eigenvalue weighted by atomic mass is 10.2. The Labute approximate surface area is 138 Å². The summed E-state index contributed by atoms with van der Waals surface area (Å²) < 4.78 is 4.12. The van der Waals surface area contributed by atoms with Crippen molar-refractivity contribution >= 4 is 23.4 Å². The van der Waals surface area contributed by atoms with Crippen LogP contribution in [0.25, 0.3) is 11.4 Å². The summed E-state index contributed by atoms with van der Waals surface area (Å²) in [7, 11) is 1.99. The van der Waals surface area contributed by atoms with Crippen LogP contribution in [-0.4, -0.2) is 24.3 Å². The molecule has 0 fully saturated rings. The van der Waals surface area contributed by atoms with E-state index in [-0.39, 0.29) is 0 Å². The van der Waals surface area contributed by atoms with E-state index in [1.165, 1.54) is 0 Å². The molecule has 0 bridgehead atoms. The van der Waals surface area contributed by atoms with Crippen molar-refractivity contribution < 1.29 is 0 Å². The van der Waals surface area contributed by atoms with E-state index >= 15 is 0 Å². The molecule has 0 saturated carbocycles. The molecule has 0 atom stereocenters. The zero-order valence-corrected chi connectivity index (χ0v) is 14.0. The average Bonchev–Trinajstić information content (AvgIpc) is 3.11. The highest BCUT2D eigenvalue weighted by atomic mass is 35.5. The molecule has 1 aromatic carbocycles. The lowest BCUT2D eigenvalue weighted by Gasteiger charge is -2.07. The highest BCUT2D eigenvalue weighted by Gasteiger charge is 2.14. The van der Waals surface area contributed by atoms with E-state index in [0.717, 1.165) is 39.7 Å². The Kier molecular flexibility index (Phi) is 4.49. The molecular weight excluding hydrogens is 318 g/mol. The van der Waals surface area contributed by atoms with Crippen molar-refractivity contribution in [2.45, 2.75) is 24.4 Å². The fourth-order valence-corrected chi connectivity index (χ4v) is 3.29. The van der Waals surface area contributed by atoms with Gasteiger partial charge in [-0.1, -0.05) is 23.4 Å². The molecule has 3 rings (SSSR count). The fraction of sp³-hybridized carbons (Fsp3) is 0.267. The number of rotatable bonds is 5. The van der Waals surface area contributed by atoms with Gasteiger partial charge < -0.3 is 9.13 Å². The predicted molar refractivity (Wildman–Crippen MR) is 88.9 cm³/mol. The van der Waals surface area contributed by atoms with Crippen molar-refractivity contribution in [2.75, 3.05) is 0 Å². The first-order valence-electron chi connectivity index (χ1n) is 6.97. The maximum absolute atomic E-state index is 5.94. The van der Waals surface area contributed by atoms with Crippen LogP contribution < -0.4 is 0 Å². The molecule has 114 valence electrons. The first-order chi connectivity index (χ1) is 10.7. The number of benzene rings is 1. The van der Waals surface area contributed by atoms with Gasteiger partial charge in [0.2, 0.25) is 0 Å². The molecule has 0 N–H and O–H groups in total. The molecule has 0 amide bonds. The standard InChI is InChI=1S/C15H16ClN5S/c1-3-21-14(11-4-6-12(16)7-5-11)18-19-15(21)22-10-13-17-8-9-20(13)2/h4-9H,3,10H2,1-2H3. The third kappa shape index (κ3) is 3.03. The van der Waals surface area contributed by atoms with E-state index in [1.807, 2.05) is 42.1 Å². The minimum absolute atomic E-state index is 0.718. The number of hydrogen-bond acceptors (Lipinski definition) is 4. The molecular formula is C15H16ClN5S. The summed E-state index contributed by atoms with van der Waals surface area (Å²) in [6, 6.07) is 7.66. The average molecular weight is 334 g/mol. The Morgan fingerprint density at radius 2 is 1.95 bits per heavy atom. The molecule has 0 unspecified atom stereocenters. The van der Waals surface area contributed by atoms with Gasteiger partial charge in [0.25, 0.3) is 0 Å². The summed E-state index contributed by atoms with van der Waals surface area (Å²) in [6.45, 7) is 2.90. The van der Waals surface area contributed by atoms with Gasteiger partial charge in [-0.05, 0) is 31.2 Å². The Bertz CT molecular complexity index is 763. The van der Waals surface area contributed by atoms with Gasteiger partial charge in [0, 0.05) is 36.6 Å². The van der Waals surface area contributed by atoms with Gasteiger partial charge in [-0.2, -0.15) is 0 Å². The molecule has 5 nitrogen and oxygen atoms in total. The number of thioether (sulfide) groups is 1. The van der Waals surface area contributed by atoms with Crippen LogP contribution in [0.4, 0.5) is 0 Å². The first-order valence-corrected chi connectivity index (χ1v) is 8.33. The van der Waals surface area contributed by atoms with E-state index in [9.17, 15) is 0 Å². The molecule has 22 heavy (non-hydrogen) atoms. The van der Waals surface area contributed by atoms with E-state index in [2.05, 4.69) is 26.7 Å². The maximum atomic E-state index is 5.94. The quantitative estimate of drug-likeness (QED) is 0.669. The topological polar surface area (TPSA) is 48.5 Å². The third-order valence-electron chi connectivity index (χ3n) is 3.39. The summed E-state index contributed by atoms with van der Waals surface area (Å²) in [5, 5.41) is 10.3. The Hall–Kier alpha value is -1.79. The number of imidazole rings is 1. The van der Waals surface area contributed by atoms with Crippen LogP contribution in [-0.2, 0) is 19.3 Å². The molecule has 0 aliphatic heterocycles. The van der Waals surface area contributed by atoms with Crippen LogP contribution in [0.1, 0.15) is 12.7 Å². The molecule has 2 aromatic heterocycles. The van der Waals surface area contributed by atoms with Gasteiger partial charge in [-0.15, -0.1) is 10.2 Å². The minimum Gasteiger partial charge on any atom is -0.337 e. The predicted octanol–water partition coefficient (Wildman–Crippen LogP) is 3.64. The van der Waals surface area contributed by atoms with E-state index < -0.39 is 0 Å². The molecule has 7 heteroatoms. The largest absolute Gasteiger partial charge is 0.337 e.